The van der Waals surface area contributed by atoms with Gasteiger partial charge in [-0.2, -0.15) is 0 Å². The molecule has 0 unspecified atom stereocenters. The maximum absolute atomic E-state index is 13.4. The highest BCUT2D eigenvalue weighted by atomic mass is 16.5. The van der Waals surface area contributed by atoms with Gasteiger partial charge in [0.1, 0.15) is 17.1 Å². The molecular formula is C24H30N2O3. The number of methoxy groups -OCH3 is 1. The topological polar surface area (TPSA) is 42.0 Å². The highest BCUT2D eigenvalue weighted by molar-refractivity contribution is 5.94. The van der Waals surface area contributed by atoms with Crippen LogP contribution in [0, 0.1) is 0 Å². The molecule has 1 aliphatic carbocycles. The van der Waals surface area contributed by atoms with Gasteiger partial charge in [-0.25, -0.2) is 0 Å². The molecule has 0 atom stereocenters. The average Bonchev–Trinajstić information content (AvgIpc) is 2.90. The summed E-state index contributed by atoms with van der Waals surface area (Å²) < 4.78 is 11.9. The van der Waals surface area contributed by atoms with Gasteiger partial charge in [0.2, 0.25) is 0 Å². The van der Waals surface area contributed by atoms with Gasteiger partial charge in [-0.1, -0.05) is 18.2 Å². The van der Waals surface area contributed by atoms with Gasteiger partial charge in [-0.15, -0.1) is 0 Å². The number of carbonyl (C=O) groups excluding carboxylic acids is 1. The Hall–Kier alpha value is -2.53. The lowest BCUT2D eigenvalue weighted by Gasteiger charge is -2.43. The zero-order valence-corrected chi connectivity index (χ0v) is 17.6. The summed E-state index contributed by atoms with van der Waals surface area (Å²) in [6, 6.07) is 16.1. The molecule has 0 radical (unpaired) electrons. The summed E-state index contributed by atoms with van der Waals surface area (Å²) in [6.07, 6.45) is 4.08. The normalized spacial score (nSPS) is 24.0. The van der Waals surface area contributed by atoms with E-state index >= 15 is 0 Å². The second kappa shape index (κ2) is 8.07. The Morgan fingerprint density at radius 2 is 1.79 bits per heavy atom. The molecule has 1 spiro atoms. The summed E-state index contributed by atoms with van der Waals surface area (Å²) in [5.74, 6) is 1.72. The monoisotopic (exact) mass is 394 g/mol. The van der Waals surface area contributed by atoms with E-state index in [1.54, 1.807) is 7.11 Å². The number of hydrogen-bond acceptors (Lipinski definition) is 4. The molecule has 0 aromatic heterocycles. The van der Waals surface area contributed by atoms with Crippen molar-refractivity contribution in [3.05, 3.63) is 59.7 Å². The Morgan fingerprint density at radius 3 is 2.45 bits per heavy atom. The minimum atomic E-state index is -0.318. The zero-order chi connectivity index (χ0) is 20.4. The van der Waals surface area contributed by atoms with Gasteiger partial charge < -0.3 is 19.3 Å². The number of carbonyl (C=O) groups is 1. The van der Waals surface area contributed by atoms with Crippen LogP contribution in [0.4, 0.5) is 0 Å². The van der Waals surface area contributed by atoms with Crippen LogP contribution in [0.2, 0.25) is 0 Å². The van der Waals surface area contributed by atoms with Crippen molar-refractivity contribution in [2.45, 2.75) is 43.9 Å². The molecule has 1 fully saturated rings. The van der Waals surface area contributed by atoms with Crippen molar-refractivity contribution in [1.29, 1.82) is 0 Å². The molecule has 0 N–H and O–H groups in total. The van der Waals surface area contributed by atoms with Crippen molar-refractivity contribution in [1.82, 2.24) is 9.80 Å². The summed E-state index contributed by atoms with van der Waals surface area (Å²) in [4.78, 5) is 17.6. The molecule has 2 aromatic carbocycles. The van der Waals surface area contributed by atoms with Crippen molar-refractivity contribution in [3.63, 3.8) is 0 Å². The molecule has 5 heteroatoms. The molecular weight excluding hydrogens is 364 g/mol. The summed E-state index contributed by atoms with van der Waals surface area (Å²) in [5, 5.41) is 0. The number of ether oxygens (including phenoxy) is 2. The van der Waals surface area contributed by atoms with Crippen LogP contribution in [0.1, 0.15) is 41.6 Å². The third kappa shape index (κ3) is 4.10. The van der Waals surface area contributed by atoms with Gasteiger partial charge in [0.05, 0.1) is 13.7 Å². The smallest absolute Gasteiger partial charge is 0.254 e. The minimum absolute atomic E-state index is 0.0436. The van der Waals surface area contributed by atoms with E-state index < -0.39 is 0 Å². The van der Waals surface area contributed by atoms with Crippen LogP contribution in [0.15, 0.2) is 48.5 Å². The van der Waals surface area contributed by atoms with Crippen LogP contribution in [0.3, 0.4) is 0 Å². The molecule has 0 bridgehead atoms. The van der Waals surface area contributed by atoms with E-state index in [0.29, 0.717) is 24.7 Å². The summed E-state index contributed by atoms with van der Waals surface area (Å²) in [6.45, 7) is 1.19. The Kier molecular flexibility index (Phi) is 5.50. The van der Waals surface area contributed by atoms with Crippen LogP contribution in [0.5, 0.6) is 11.5 Å². The van der Waals surface area contributed by atoms with Crippen molar-refractivity contribution < 1.29 is 14.3 Å². The quantitative estimate of drug-likeness (QED) is 0.790. The molecule has 1 aliphatic heterocycles. The second-order valence-electron chi connectivity index (χ2n) is 8.48. The highest BCUT2D eigenvalue weighted by Crippen LogP contribution is 2.39. The SMILES string of the molecule is COc1ccc(C(=O)N2Cc3ccccc3OC3(CCC(N(C)C)CC3)C2)cc1. The Balaban J connectivity index is 1.62. The molecule has 1 heterocycles. The van der Waals surface area contributed by atoms with E-state index in [0.717, 1.165) is 42.7 Å². The maximum Gasteiger partial charge on any atom is 0.254 e. The predicted octanol–water partition coefficient (Wildman–Crippen LogP) is 3.97. The van der Waals surface area contributed by atoms with Gasteiger partial charge in [0, 0.05) is 23.7 Å². The van der Waals surface area contributed by atoms with Crippen LogP contribution in [-0.2, 0) is 6.54 Å². The third-order valence-electron chi connectivity index (χ3n) is 6.36. The number of hydrogen-bond donors (Lipinski definition) is 0. The first-order chi connectivity index (χ1) is 14.0. The van der Waals surface area contributed by atoms with Gasteiger partial charge in [0.15, 0.2) is 0 Å². The van der Waals surface area contributed by atoms with Gasteiger partial charge >= 0.3 is 0 Å². The van der Waals surface area contributed by atoms with E-state index in [2.05, 4.69) is 25.1 Å². The Morgan fingerprint density at radius 1 is 1.10 bits per heavy atom. The number of fused-ring (bicyclic) bond motifs is 1. The van der Waals surface area contributed by atoms with Crippen LogP contribution in [0.25, 0.3) is 0 Å². The Bertz CT molecular complexity index is 855. The van der Waals surface area contributed by atoms with Crippen molar-refractivity contribution in [2.75, 3.05) is 27.7 Å². The fourth-order valence-corrected chi connectivity index (χ4v) is 4.57. The lowest BCUT2D eigenvalue weighted by molar-refractivity contribution is -0.00928. The standard InChI is InChI=1S/C24H30N2O3/c1-25(2)20-12-14-24(15-13-20)17-26(16-19-6-4-5-7-22(19)29-24)23(27)18-8-10-21(28-3)11-9-18/h4-11,20H,12-17H2,1-3H3. The third-order valence-corrected chi connectivity index (χ3v) is 6.36. The molecule has 2 aromatic rings. The first kappa shape index (κ1) is 19.8. The Labute approximate surface area is 173 Å². The lowest BCUT2D eigenvalue weighted by Crippen LogP contribution is -2.51. The summed E-state index contributed by atoms with van der Waals surface area (Å²) in [7, 11) is 5.92. The molecule has 1 amide bonds. The fraction of sp³-hybridized carbons (Fsp3) is 0.458. The number of rotatable bonds is 3. The molecule has 4 rings (SSSR count). The number of para-hydroxylation sites is 1. The van der Waals surface area contributed by atoms with Gasteiger partial charge in [-0.3, -0.25) is 4.79 Å². The number of nitrogens with zero attached hydrogens (tertiary/aromatic N) is 2. The van der Waals surface area contributed by atoms with E-state index in [4.69, 9.17) is 9.47 Å². The molecule has 29 heavy (non-hydrogen) atoms. The van der Waals surface area contributed by atoms with E-state index in [9.17, 15) is 4.79 Å². The van der Waals surface area contributed by atoms with E-state index in [1.807, 2.05) is 47.4 Å². The van der Waals surface area contributed by atoms with Gasteiger partial charge in [0.25, 0.3) is 5.91 Å². The number of benzene rings is 2. The highest BCUT2D eigenvalue weighted by Gasteiger charge is 2.42. The number of amides is 1. The van der Waals surface area contributed by atoms with Crippen molar-refractivity contribution in [3.8, 4) is 11.5 Å². The largest absolute Gasteiger partial charge is 0.497 e. The van der Waals surface area contributed by atoms with Crippen molar-refractivity contribution in [2.24, 2.45) is 0 Å². The molecule has 154 valence electrons. The van der Waals surface area contributed by atoms with E-state index in [-0.39, 0.29) is 11.5 Å². The second-order valence-corrected chi connectivity index (χ2v) is 8.48. The van der Waals surface area contributed by atoms with Gasteiger partial charge in [-0.05, 0) is 70.1 Å². The first-order valence-electron chi connectivity index (χ1n) is 10.4. The molecule has 1 saturated carbocycles. The predicted molar refractivity (Wildman–Crippen MR) is 113 cm³/mol. The molecule has 2 aliphatic rings. The van der Waals surface area contributed by atoms with Crippen LogP contribution in [-0.4, -0.2) is 55.1 Å². The van der Waals surface area contributed by atoms with E-state index in [1.165, 1.54) is 0 Å². The lowest BCUT2D eigenvalue weighted by atomic mass is 9.81. The maximum atomic E-state index is 13.4. The van der Waals surface area contributed by atoms with Crippen LogP contribution >= 0.6 is 0 Å². The molecule has 0 saturated heterocycles. The fourth-order valence-electron chi connectivity index (χ4n) is 4.57. The van der Waals surface area contributed by atoms with Crippen molar-refractivity contribution >= 4 is 5.91 Å². The summed E-state index contributed by atoms with van der Waals surface area (Å²) >= 11 is 0. The zero-order valence-electron chi connectivity index (χ0n) is 17.6. The van der Waals surface area contributed by atoms with Crippen LogP contribution < -0.4 is 9.47 Å². The average molecular weight is 395 g/mol. The minimum Gasteiger partial charge on any atom is -0.497 e. The molecule has 5 nitrogen and oxygen atoms in total. The first-order valence-corrected chi connectivity index (χ1v) is 10.4. The summed E-state index contributed by atoms with van der Waals surface area (Å²) in [5.41, 5.74) is 1.43.